The number of carbonyl (C=O) groups excluding carboxylic acids is 3. The number of methoxy groups -OCH3 is 2. The molecule has 1 atom stereocenters. The van der Waals surface area contributed by atoms with Gasteiger partial charge in [0.05, 0.1) is 33.0 Å². The van der Waals surface area contributed by atoms with E-state index in [1.807, 2.05) is 6.92 Å². The minimum atomic E-state index is -1.58. The Balaban J connectivity index is 2.71. The van der Waals surface area contributed by atoms with Gasteiger partial charge in [-0.1, -0.05) is 5.57 Å². The Bertz CT molecular complexity index is 603. The van der Waals surface area contributed by atoms with Gasteiger partial charge in [-0.2, -0.15) is 0 Å². The van der Waals surface area contributed by atoms with E-state index in [1.54, 1.807) is 0 Å². The second kappa shape index (κ2) is 5.92. The summed E-state index contributed by atoms with van der Waals surface area (Å²) in [5.41, 5.74) is 0.860. The molecule has 0 spiro atoms. The van der Waals surface area contributed by atoms with Gasteiger partial charge in [0.1, 0.15) is 0 Å². The molecule has 1 N–H and O–H groups in total. The molecule has 1 aliphatic carbocycles. The Hall–Kier alpha value is -2.15. The highest BCUT2D eigenvalue weighted by Crippen LogP contribution is 2.41. The average Bonchev–Trinajstić information content (AvgIpc) is 2.94. The molecule has 7 heteroatoms. The van der Waals surface area contributed by atoms with Crippen LogP contribution in [-0.4, -0.2) is 50.8 Å². The van der Waals surface area contributed by atoms with Crippen molar-refractivity contribution in [1.29, 1.82) is 0 Å². The molecule has 1 aliphatic heterocycles. The van der Waals surface area contributed by atoms with Gasteiger partial charge >= 0.3 is 11.9 Å². The molecule has 0 aromatic heterocycles. The summed E-state index contributed by atoms with van der Waals surface area (Å²) in [6, 6.07) is 0. The molecule has 1 heterocycles. The fourth-order valence-corrected chi connectivity index (χ4v) is 3.09. The summed E-state index contributed by atoms with van der Waals surface area (Å²) >= 11 is 0. The Morgan fingerprint density at radius 3 is 2.32 bits per heavy atom. The summed E-state index contributed by atoms with van der Waals surface area (Å²) in [6.45, 7) is 3.69. The van der Waals surface area contributed by atoms with Crippen LogP contribution >= 0.6 is 0 Å². The van der Waals surface area contributed by atoms with Gasteiger partial charge in [0.2, 0.25) is 5.91 Å². The van der Waals surface area contributed by atoms with Gasteiger partial charge in [-0.15, -0.1) is 0 Å². The molecule has 0 bridgehead atoms. The van der Waals surface area contributed by atoms with Crippen molar-refractivity contribution in [3.63, 3.8) is 0 Å². The van der Waals surface area contributed by atoms with E-state index in [-0.39, 0.29) is 18.6 Å². The standard InChI is InChI=1S/C15H19NO6/c1-8-5-15(14(19)21-4,16-9(2)17)12(13(18)20-3)11-7-22-6-10(8)11/h5-7H2,1-4H3,(H,16,17). The quantitative estimate of drug-likeness (QED) is 0.752. The first kappa shape index (κ1) is 16.2. The smallest absolute Gasteiger partial charge is 0.337 e. The van der Waals surface area contributed by atoms with Crippen LogP contribution in [0.25, 0.3) is 0 Å². The first-order valence-electron chi connectivity index (χ1n) is 6.83. The van der Waals surface area contributed by atoms with Crippen LogP contribution in [0.3, 0.4) is 0 Å². The van der Waals surface area contributed by atoms with Crippen molar-refractivity contribution in [2.75, 3.05) is 27.4 Å². The Morgan fingerprint density at radius 1 is 1.14 bits per heavy atom. The minimum Gasteiger partial charge on any atom is -0.467 e. The van der Waals surface area contributed by atoms with Gasteiger partial charge < -0.3 is 19.5 Å². The van der Waals surface area contributed by atoms with E-state index < -0.39 is 23.4 Å². The fraction of sp³-hybridized carbons (Fsp3) is 0.533. The molecule has 120 valence electrons. The molecule has 0 aromatic carbocycles. The van der Waals surface area contributed by atoms with Crippen molar-refractivity contribution in [3.8, 4) is 0 Å². The maximum absolute atomic E-state index is 12.4. The maximum atomic E-state index is 12.4. The topological polar surface area (TPSA) is 90.9 Å². The summed E-state index contributed by atoms with van der Waals surface area (Å²) in [5.74, 6) is -1.83. The van der Waals surface area contributed by atoms with Crippen LogP contribution in [0, 0.1) is 0 Å². The van der Waals surface area contributed by atoms with E-state index in [1.165, 1.54) is 21.1 Å². The average molecular weight is 309 g/mol. The van der Waals surface area contributed by atoms with Crippen molar-refractivity contribution >= 4 is 17.8 Å². The third-order valence-electron chi connectivity index (χ3n) is 3.94. The lowest BCUT2D eigenvalue weighted by atomic mass is 9.74. The molecule has 2 rings (SSSR count). The Kier molecular flexibility index (Phi) is 4.37. The van der Waals surface area contributed by atoms with Crippen molar-refractivity contribution in [2.24, 2.45) is 0 Å². The normalized spacial score (nSPS) is 24.0. The van der Waals surface area contributed by atoms with Crippen LogP contribution in [-0.2, 0) is 28.6 Å². The molecule has 1 fully saturated rings. The van der Waals surface area contributed by atoms with Crippen LogP contribution in [0.15, 0.2) is 22.3 Å². The predicted molar refractivity (Wildman–Crippen MR) is 75.7 cm³/mol. The number of fused-ring (bicyclic) bond motifs is 1. The van der Waals surface area contributed by atoms with Crippen molar-refractivity contribution in [2.45, 2.75) is 25.8 Å². The first-order chi connectivity index (χ1) is 10.4. The zero-order valence-corrected chi connectivity index (χ0v) is 13.1. The number of hydrogen-bond donors (Lipinski definition) is 1. The summed E-state index contributed by atoms with van der Waals surface area (Å²) in [4.78, 5) is 36.4. The van der Waals surface area contributed by atoms with Crippen LogP contribution in [0.4, 0.5) is 0 Å². The highest BCUT2D eigenvalue weighted by molar-refractivity contribution is 6.05. The van der Waals surface area contributed by atoms with Crippen LogP contribution in [0.1, 0.15) is 20.3 Å². The number of amides is 1. The van der Waals surface area contributed by atoms with E-state index in [9.17, 15) is 14.4 Å². The van der Waals surface area contributed by atoms with Gasteiger partial charge in [-0.05, 0) is 18.1 Å². The van der Waals surface area contributed by atoms with Gasteiger partial charge in [-0.25, -0.2) is 9.59 Å². The molecule has 1 unspecified atom stereocenters. The number of rotatable bonds is 3. The van der Waals surface area contributed by atoms with E-state index in [0.29, 0.717) is 12.2 Å². The van der Waals surface area contributed by atoms with Gasteiger partial charge in [0.25, 0.3) is 0 Å². The zero-order valence-electron chi connectivity index (χ0n) is 13.1. The van der Waals surface area contributed by atoms with E-state index >= 15 is 0 Å². The third-order valence-corrected chi connectivity index (χ3v) is 3.94. The fourth-order valence-electron chi connectivity index (χ4n) is 3.09. The van der Waals surface area contributed by atoms with Crippen molar-refractivity contribution in [1.82, 2.24) is 5.32 Å². The summed E-state index contributed by atoms with van der Waals surface area (Å²) in [7, 11) is 2.44. The van der Waals surface area contributed by atoms with Gasteiger partial charge in [0.15, 0.2) is 5.54 Å². The lowest BCUT2D eigenvalue weighted by Gasteiger charge is -2.37. The number of hydrogen-bond acceptors (Lipinski definition) is 6. The largest absolute Gasteiger partial charge is 0.467 e. The monoisotopic (exact) mass is 309 g/mol. The van der Waals surface area contributed by atoms with Crippen molar-refractivity contribution in [3.05, 3.63) is 22.3 Å². The molecular formula is C15H19NO6. The summed E-state index contributed by atoms with van der Waals surface area (Å²) in [6.07, 6.45) is 0.145. The first-order valence-corrected chi connectivity index (χ1v) is 6.83. The molecule has 7 nitrogen and oxygen atoms in total. The zero-order chi connectivity index (χ0) is 16.5. The third kappa shape index (κ3) is 2.41. The Morgan fingerprint density at radius 2 is 1.77 bits per heavy atom. The number of carbonyl (C=O) groups is 3. The molecule has 22 heavy (non-hydrogen) atoms. The predicted octanol–water partition coefficient (Wildman–Crippen LogP) is 0.254. The summed E-state index contributed by atoms with van der Waals surface area (Å²) in [5, 5.41) is 2.59. The van der Waals surface area contributed by atoms with Crippen LogP contribution in [0.5, 0.6) is 0 Å². The molecule has 1 amide bonds. The highest BCUT2D eigenvalue weighted by atomic mass is 16.5. The highest BCUT2D eigenvalue weighted by Gasteiger charge is 2.52. The van der Waals surface area contributed by atoms with E-state index in [4.69, 9.17) is 14.2 Å². The number of ether oxygens (including phenoxy) is 3. The molecule has 2 aliphatic rings. The maximum Gasteiger partial charge on any atom is 0.337 e. The molecular weight excluding hydrogens is 290 g/mol. The summed E-state index contributed by atoms with van der Waals surface area (Å²) < 4.78 is 15.1. The SMILES string of the molecule is COC(=O)C1=C2COCC2=C(C)CC1(NC(C)=O)C(=O)OC. The Labute approximate surface area is 128 Å². The lowest BCUT2D eigenvalue weighted by Crippen LogP contribution is -2.59. The van der Waals surface area contributed by atoms with E-state index in [0.717, 1.165) is 11.1 Å². The van der Waals surface area contributed by atoms with E-state index in [2.05, 4.69) is 5.32 Å². The van der Waals surface area contributed by atoms with Crippen LogP contribution in [0.2, 0.25) is 0 Å². The van der Waals surface area contributed by atoms with Gasteiger partial charge in [-0.3, -0.25) is 4.79 Å². The molecule has 0 aromatic rings. The second-order valence-electron chi connectivity index (χ2n) is 5.35. The van der Waals surface area contributed by atoms with Crippen molar-refractivity contribution < 1.29 is 28.6 Å². The van der Waals surface area contributed by atoms with Gasteiger partial charge in [0, 0.05) is 13.3 Å². The lowest BCUT2D eigenvalue weighted by molar-refractivity contribution is -0.152. The van der Waals surface area contributed by atoms with Crippen LogP contribution < -0.4 is 5.32 Å². The molecule has 1 saturated heterocycles. The minimum absolute atomic E-state index is 0.0927. The molecule has 0 radical (unpaired) electrons. The number of nitrogens with one attached hydrogen (secondary N) is 1. The second-order valence-corrected chi connectivity index (χ2v) is 5.35. The number of esters is 2. The molecule has 0 saturated carbocycles.